The predicted octanol–water partition coefficient (Wildman–Crippen LogP) is 2.79. The van der Waals surface area contributed by atoms with Gasteiger partial charge >= 0.3 is 0 Å². The number of nitrogens with zero attached hydrogens (tertiary/aromatic N) is 3. The molecule has 2 heterocycles. The number of fused-ring (bicyclic) bond motifs is 1. The van der Waals surface area contributed by atoms with Crippen molar-refractivity contribution >= 4 is 10.8 Å². The second kappa shape index (κ2) is 5.16. The molecule has 21 heavy (non-hydrogen) atoms. The Bertz CT molecular complexity index is 846. The van der Waals surface area contributed by atoms with Gasteiger partial charge in [-0.05, 0) is 23.4 Å². The van der Waals surface area contributed by atoms with Crippen LogP contribution in [0.1, 0.15) is 19.7 Å². The van der Waals surface area contributed by atoms with Gasteiger partial charge in [0.1, 0.15) is 5.69 Å². The molecule has 5 nitrogen and oxygen atoms in total. The van der Waals surface area contributed by atoms with Crippen LogP contribution in [0.25, 0.3) is 22.4 Å². The summed E-state index contributed by atoms with van der Waals surface area (Å²) in [6, 6.07) is 9.40. The van der Waals surface area contributed by atoms with E-state index in [1.54, 1.807) is 11.6 Å². The molecule has 0 aliphatic heterocycles. The number of benzene rings is 1. The monoisotopic (exact) mass is 283 g/mol. The van der Waals surface area contributed by atoms with E-state index in [4.69, 9.17) is 4.52 Å². The van der Waals surface area contributed by atoms with E-state index in [-0.39, 0.29) is 5.56 Å². The van der Waals surface area contributed by atoms with Crippen LogP contribution in [0.5, 0.6) is 0 Å². The maximum atomic E-state index is 12.4. The summed E-state index contributed by atoms with van der Waals surface area (Å²) in [5, 5.41) is 5.54. The minimum atomic E-state index is -0.0632. The lowest BCUT2D eigenvalue weighted by molar-refractivity contribution is 0.415. The summed E-state index contributed by atoms with van der Waals surface area (Å²) in [7, 11) is 1.72. The zero-order valence-corrected chi connectivity index (χ0v) is 12.3. The first-order valence-corrected chi connectivity index (χ1v) is 6.98. The Morgan fingerprint density at radius 3 is 2.81 bits per heavy atom. The van der Waals surface area contributed by atoms with Gasteiger partial charge in [-0.1, -0.05) is 37.2 Å². The van der Waals surface area contributed by atoms with Crippen LogP contribution < -0.4 is 5.56 Å². The molecule has 0 N–H and O–H groups in total. The number of hydrogen-bond acceptors (Lipinski definition) is 4. The third kappa shape index (κ3) is 2.46. The van der Waals surface area contributed by atoms with E-state index in [1.165, 1.54) is 0 Å². The van der Waals surface area contributed by atoms with Crippen molar-refractivity contribution in [1.29, 1.82) is 0 Å². The topological polar surface area (TPSA) is 60.9 Å². The highest BCUT2D eigenvalue weighted by Crippen LogP contribution is 2.20. The number of hydrogen-bond donors (Lipinski definition) is 0. The second-order valence-corrected chi connectivity index (χ2v) is 5.59. The van der Waals surface area contributed by atoms with E-state index >= 15 is 0 Å². The fourth-order valence-electron chi connectivity index (χ4n) is 2.36. The van der Waals surface area contributed by atoms with E-state index in [0.29, 0.717) is 28.7 Å². The molecule has 0 saturated heterocycles. The number of aromatic nitrogens is 3. The molecular formula is C16H17N3O2. The summed E-state index contributed by atoms with van der Waals surface area (Å²) in [6.07, 6.45) is 0.755. The van der Waals surface area contributed by atoms with E-state index in [1.807, 2.05) is 30.3 Å². The third-order valence-corrected chi connectivity index (χ3v) is 3.43. The Morgan fingerprint density at radius 1 is 1.29 bits per heavy atom. The fourth-order valence-corrected chi connectivity index (χ4v) is 2.36. The van der Waals surface area contributed by atoms with Gasteiger partial charge in [0.2, 0.25) is 0 Å². The SMILES string of the molecule is CC(C)Cc1noc(-c2cc3ccccc3c(=O)n2C)n1. The van der Waals surface area contributed by atoms with E-state index in [9.17, 15) is 4.79 Å². The van der Waals surface area contributed by atoms with Crippen LogP contribution in [-0.4, -0.2) is 14.7 Å². The molecule has 2 aromatic heterocycles. The molecule has 0 spiro atoms. The Balaban J connectivity index is 2.14. The van der Waals surface area contributed by atoms with E-state index in [2.05, 4.69) is 24.0 Å². The summed E-state index contributed by atoms with van der Waals surface area (Å²) in [4.78, 5) is 16.8. The molecule has 5 heteroatoms. The van der Waals surface area contributed by atoms with Crippen LogP contribution in [0.15, 0.2) is 39.6 Å². The molecule has 3 rings (SSSR count). The van der Waals surface area contributed by atoms with Crippen molar-refractivity contribution in [3.05, 3.63) is 46.5 Å². The van der Waals surface area contributed by atoms with Crippen molar-refractivity contribution < 1.29 is 4.52 Å². The van der Waals surface area contributed by atoms with Crippen LogP contribution in [0.4, 0.5) is 0 Å². The van der Waals surface area contributed by atoms with Gasteiger partial charge in [-0.15, -0.1) is 0 Å². The van der Waals surface area contributed by atoms with Gasteiger partial charge in [-0.2, -0.15) is 4.98 Å². The molecule has 1 aromatic carbocycles. The van der Waals surface area contributed by atoms with Crippen molar-refractivity contribution in [1.82, 2.24) is 14.7 Å². The lowest BCUT2D eigenvalue weighted by atomic mass is 10.1. The highest BCUT2D eigenvalue weighted by Gasteiger charge is 2.15. The molecule has 0 aliphatic carbocycles. The average molecular weight is 283 g/mol. The number of rotatable bonds is 3. The van der Waals surface area contributed by atoms with Crippen molar-refractivity contribution in [2.45, 2.75) is 20.3 Å². The van der Waals surface area contributed by atoms with Gasteiger partial charge in [0.05, 0.1) is 0 Å². The average Bonchev–Trinajstić information content (AvgIpc) is 2.90. The van der Waals surface area contributed by atoms with Gasteiger partial charge in [0.15, 0.2) is 5.82 Å². The van der Waals surface area contributed by atoms with Crippen LogP contribution in [-0.2, 0) is 13.5 Å². The van der Waals surface area contributed by atoms with Crippen molar-refractivity contribution in [3.8, 4) is 11.6 Å². The maximum Gasteiger partial charge on any atom is 0.274 e. The van der Waals surface area contributed by atoms with Gasteiger partial charge in [-0.3, -0.25) is 4.79 Å². The first kappa shape index (κ1) is 13.5. The summed E-state index contributed by atoms with van der Waals surface area (Å²) in [5.74, 6) is 1.51. The van der Waals surface area contributed by atoms with Gasteiger partial charge in [-0.25, -0.2) is 0 Å². The van der Waals surface area contributed by atoms with Crippen molar-refractivity contribution in [2.75, 3.05) is 0 Å². The summed E-state index contributed by atoms with van der Waals surface area (Å²) < 4.78 is 6.87. The molecule has 0 fully saturated rings. The Morgan fingerprint density at radius 2 is 2.05 bits per heavy atom. The molecule has 0 bridgehead atoms. The van der Waals surface area contributed by atoms with Gasteiger partial charge < -0.3 is 9.09 Å². The first-order valence-electron chi connectivity index (χ1n) is 6.98. The Labute approximate surface area is 122 Å². The molecule has 0 saturated carbocycles. The quantitative estimate of drug-likeness (QED) is 0.741. The van der Waals surface area contributed by atoms with Crippen LogP contribution in [0.3, 0.4) is 0 Å². The summed E-state index contributed by atoms with van der Waals surface area (Å²) in [5.41, 5.74) is 0.577. The maximum absolute atomic E-state index is 12.4. The second-order valence-electron chi connectivity index (χ2n) is 5.59. The minimum Gasteiger partial charge on any atom is -0.332 e. The summed E-state index contributed by atoms with van der Waals surface area (Å²) in [6.45, 7) is 4.20. The standard InChI is InChI=1S/C16H17N3O2/c1-10(2)8-14-17-15(21-18-14)13-9-11-6-4-5-7-12(11)16(20)19(13)3/h4-7,9-10H,8H2,1-3H3. The molecular weight excluding hydrogens is 266 g/mol. The Kier molecular flexibility index (Phi) is 3.33. The molecule has 0 unspecified atom stereocenters. The van der Waals surface area contributed by atoms with Crippen molar-refractivity contribution in [2.24, 2.45) is 13.0 Å². The van der Waals surface area contributed by atoms with Crippen LogP contribution in [0.2, 0.25) is 0 Å². The zero-order chi connectivity index (χ0) is 15.0. The van der Waals surface area contributed by atoms with Crippen molar-refractivity contribution in [3.63, 3.8) is 0 Å². The molecule has 0 amide bonds. The number of pyridine rings is 1. The smallest absolute Gasteiger partial charge is 0.274 e. The minimum absolute atomic E-state index is 0.0632. The highest BCUT2D eigenvalue weighted by atomic mass is 16.5. The van der Waals surface area contributed by atoms with Crippen LogP contribution in [0, 0.1) is 5.92 Å². The highest BCUT2D eigenvalue weighted by molar-refractivity contribution is 5.84. The summed E-state index contributed by atoms with van der Waals surface area (Å²) >= 11 is 0. The lowest BCUT2D eigenvalue weighted by Crippen LogP contribution is -2.18. The van der Waals surface area contributed by atoms with Crippen LogP contribution >= 0.6 is 0 Å². The molecule has 3 aromatic rings. The molecule has 0 atom stereocenters. The van der Waals surface area contributed by atoms with Gasteiger partial charge in [0, 0.05) is 18.9 Å². The molecule has 108 valence electrons. The lowest BCUT2D eigenvalue weighted by Gasteiger charge is -2.06. The molecule has 0 aliphatic rings. The first-order chi connectivity index (χ1) is 10.1. The normalized spacial score (nSPS) is 11.4. The zero-order valence-electron chi connectivity index (χ0n) is 12.3. The van der Waals surface area contributed by atoms with E-state index < -0.39 is 0 Å². The van der Waals surface area contributed by atoms with E-state index in [0.717, 1.165) is 11.8 Å². The predicted molar refractivity (Wildman–Crippen MR) is 81.0 cm³/mol. The molecule has 0 radical (unpaired) electrons. The largest absolute Gasteiger partial charge is 0.332 e. The van der Waals surface area contributed by atoms with Gasteiger partial charge in [0.25, 0.3) is 11.4 Å². The third-order valence-electron chi connectivity index (χ3n) is 3.43. The fraction of sp³-hybridized carbons (Fsp3) is 0.312. The Hall–Kier alpha value is -2.43.